The molecule has 0 bridgehead atoms. The first-order valence-corrected chi connectivity index (χ1v) is 9.63. The number of cyclic esters (lactones) is 1. The van der Waals surface area contributed by atoms with E-state index in [0.29, 0.717) is 24.8 Å². The Morgan fingerprint density at radius 2 is 2.15 bits per heavy atom. The summed E-state index contributed by atoms with van der Waals surface area (Å²) in [6, 6.07) is 0. The van der Waals surface area contributed by atoms with Crippen LogP contribution in [0.4, 0.5) is 0 Å². The Bertz CT molecular complexity index is 683. The van der Waals surface area contributed by atoms with E-state index in [1.165, 1.54) is 19.4 Å². The predicted octanol–water partition coefficient (Wildman–Crippen LogP) is 4.14. The molecule has 1 saturated heterocycles. The van der Waals surface area contributed by atoms with E-state index in [1.807, 2.05) is 6.08 Å². The summed E-state index contributed by atoms with van der Waals surface area (Å²) in [5, 5.41) is 0. The number of esters is 2. The molecule has 2 aliphatic rings. The average Bonchev–Trinajstić information content (AvgIpc) is 3.16. The van der Waals surface area contributed by atoms with Gasteiger partial charge in [-0.05, 0) is 37.5 Å². The molecule has 27 heavy (non-hydrogen) atoms. The second-order valence-corrected chi connectivity index (χ2v) is 6.88. The summed E-state index contributed by atoms with van der Waals surface area (Å²) in [6.07, 6.45) is 17.9. The van der Waals surface area contributed by atoms with Gasteiger partial charge in [-0.3, -0.25) is 14.4 Å². The van der Waals surface area contributed by atoms with E-state index in [-0.39, 0.29) is 17.9 Å². The zero-order chi connectivity index (χ0) is 19.7. The Kier molecular flexibility index (Phi) is 7.77. The highest BCUT2D eigenvalue weighted by Gasteiger charge is 2.41. The molecular formula is C22H28O5. The molecule has 0 spiro atoms. The third-order valence-electron chi connectivity index (χ3n) is 4.62. The topological polar surface area (TPSA) is 69.7 Å². The van der Waals surface area contributed by atoms with Crippen molar-refractivity contribution < 1.29 is 23.9 Å². The summed E-state index contributed by atoms with van der Waals surface area (Å²) in [6.45, 7) is 3.50. The first kappa shape index (κ1) is 20.9. The Hall–Kier alpha value is -2.43. The molecule has 0 amide bonds. The van der Waals surface area contributed by atoms with Crippen LogP contribution in [0.25, 0.3) is 0 Å². The number of ketones is 1. The quantitative estimate of drug-likeness (QED) is 0.263. The van der Waals surface area contributed by atoms with Gasteiger partial charge in [-0.15, -0.1) is 0 Å². The van der Waals surface area contributed by atoms with Gasteiger partial charge in [0.1, 0.15) is 6.10 Å². The Balaban J connectivity index is 2.11. The van der Waals surface area contributed by atoms with Crippen molar-refractivity contribution in [3.8, 4) is 0 Å². The van der Waals surface area contributed by atoms with Gasteiger partial charge in [-0.2, -0.15) is 0 Å². The number of carbonyl (C=O) groups is 3. The first-order valence-electron chi connectivity index (χ1n) is 9.63. The number of hydrogen-bond acceptors (Lipinski definition) is 5. The molecule has 1 aliphatic carbocycles. The van der Waals surface area contributed by atoms with Crippen LogP contribution in [-0.2, 0) is 23.9 Å². The van der Waals surface area contributed by atoms with Crippen molar-refractivity contribution in [2.24, 2.45) is 0 Å². The number of hydrogen-bond donors (Lipinski definition) is 0. The van der Waals surface area contributed by atoms with Gasteiger partial charge < -0.3 is 9.47 Å². The molecule has 0 radical (unpaired) electrons. The fourth-order valence-electron chi connectivity index (χ4n) is 3.23. The van der Waals surface area contributed by atoms with Gasteiger partial charge in [0.15, 0.2) is 11.4 Å². The van der Waals surface area contributed by atoms with Crippen molar-refractivity contribution in [3.05, 3.63) is 48.1 Å². The molecule has 0 aromatic rings. The summed E-state index contributed by atoms with van der Waals surface area (Å²) >= 11 is 0. The maximum Gasteiger partial charge on any atom is 0.306 e. The third-order valence-corrected chi connectivity index (χ3v) is 4.62. The molecule has 5 heteroatoms. The Morgan fingerprint density at radius 3 is 2.81 bits per heavy atom. The molecule has 5 nitrogen and oxygen atoms in total. The zero-order valence-electron chi connectivity index (χ0n) is 16.1. The average molecular weight is 372 g/mol. The van der Waals surface area contributed by atoms with E-state index in [0.717, 1.165) is 19.3 Å². The fraction of sp³-hybridized carbons (Fsp3) is 0.500. The summed E-state index contributed by atoms with van der Waals surface area (Å²) < 4.78 is 10.7. The number of rotatable bonds is 9. The summed E-state index contributed by atoms with van der Waals surface area (Å²) in [5.41, 5.74) is -0.655. The fourth-order valence-corrected chi connectivity index (χ4v) is 3.23. The summed E-state index contributed by atoms with van der Waals surface area (Å²) in [5.74, 6) is -0.824. The zero-order valence-corrected chi connectivity index (χ0v) is 16.1. The molecule has 2 rings (SSSR count). The lowest BCUT2D eigenvalue weighted by atomic mass is 9.91. The van der Waals surface area contributed by atoms with Crippen LogP contribution in [0.1, 0.15) is 58.8 Å². The number of unbranched alkanes of at least 4 members (excludes halogenated alkanes) is 3. The van der Waals surface area contributed by atoms with Gasteiger partial charge in [0.25, 0.3) is 0 Å². The van der Waals surface area contributed by atoms with Crippen LogP contribution in [0.3, 0.4) is 0 Å². The predicted molar refractivity (Wildman–Crippen MR) is 103 cm³/mol. The molecular weight excluding hydrogens is 344 g/mol. The van der Waals surface area contributed by atoms with Crippen LogP contribution in [0.5, 0.6) is 0 Å². The lowest BCUT2D eigenvalue weighted by Gasteiger charge is -2.27. The largest absolute Gasteiger partial charge is 0.458 e. The number of ether oxygens (including phenoxy) is 2. The van der Waals surface area contributed by atoms with Crippen LogP contribution in [0, 0.1) is 0 Å². The smallest absolute Gasteiger partial charge is 0.306 e. The molecule has 1 heterocycles. The van der Waals surface area contributed by atoms with Gasteiger partial charge in [-0.1, -0.05) is 44.1 Å². The highest BCUT2D eigenvalue weighted by Crippen LogP contribution is 2.34. The van der Waals surface area contributed by atoms with E-state index >= 15 is 0 Å². The Morgan fingerprint density at radius 1 is 1.33 bits per heavy atom. The van der Waals surface area contributed by atoms with Gasteiger partial charge in [0.2, 0.25) is 0 Å². The highest BCUT2D eigenvalue weighted by atomic mass is 16.6. The van der Waals surface area contributed by atoms with E-state index in [1.54, 1.807) is 24.3 Å². The van der Waals surface area contributed by atoms with Crippen LogP contribution in [0.15, 0.2) is 48.1 Å². The third kappa shape index (κ3) is 6.05. The van der Waals surface area contributed by atoms with Crippen LogP contribution in [0.2, 0.25) is 0 Å². The molecule has 1 aliphatic heterocycles. The van der Waals surface area contributed by atoms with E-state index in [4.69, 9.17) is 9.47 Å². The van der Waals surface area contributed by atoms with E-state index in [2.05, 4.69) is 13.0 Å². The van der Waals surface area contributed by atoms with Crippen molar-refractivity contribution in [1.29, 1.82) is 0 Å². The molecule has 2 atom stereocenters. The van der Waals surface area contributed by atoms with Crippen LogP contribution < -0.4 is 0 Å². The molecule has 146 valence electrons. The summed E-state index contributed by atoms with van der Waals surface area (Å²) in [4.78, 5) is 35.2. The van der Waals surface area contributed by atoms with Gasteiger partial charge in [0, 0.05) is 25.3 Å². The van der Waals surface area contributed by atoms with Gasteiger partial charge in [0.05, 0.1) is 0 Å². The standard InChI is InChI=1S/C22H28O5/c1-3-4-5-6-7-8-15-22(27-17(2)23)16-14-20(24)19(22)11-9-10-18-12-13-21(25)26-18/h7-11,14,16,18H,3-6,12-13,15H2,1-2H3/b8-7-,10-9-,19-11-/t18-,22+/m1/s1. The van der Waals surface area contributed by atoms with Crippen molar-refractivity contribution in [2.45, 2.75) is 70.5 Å². The van der Waals surface area contributed by atoms with E-state index < -0.39 is 11.6 Å². The minimum Gasteiger partial charge on any atom is -0.458 e. The normalized spacial score (nSPS) is 26.6. The molecule has 0 N–H and O–H groups in total. The molecule has 0 unspecified atom stereocenters. The van der Waals surface area contributed by atoms with Crippen LogP contribution >= 0.6 is 0 Å². The maximum absolute atomic E-state index is 12.3. The lowest BCUT2D eigenvalue weighted by molar-refractivity contribution is -0.149. The molecule has 0 saturated carbocycles. The molecule has 0 aromatic heterocycles. The monoisotopic (exact) mass is 372 g/mol. The van der Waals surface area contributed by atoms with E-state index in [9.17, 15) is 14.4 Å². The minimum atomic E-state index is -1.07. The second kappa shape index (κ2) is 10.0. The van der Waals surface area contributed by atoms with Gasteiger partial charge >= 0.3 is 11.9 Å². The molecule has 1 fully saturated rings. The maximum atomic E-state index is 12.3. The number of allylic oxidation sites excluding steroid dienone is 4. The van der Waals surface area contributed by atoms with Crippen LogP contribution in [-0.4, -0.2) is 29.4 Å². The van der Waals surface area contributed by atoms with Crippen molar-refractivity contribution >= 4 is 17.7 Å². The summed E-state index contributed by atoms with van der Waals surface area (Å²) in [7, 11) is 0. The molecule has 0 aromatic carbocycles. The SMILES string of the molecule is CCCCC/C=C\C[C@]1(OC(C)=O)C=CC(=O)/C1=C/C=C\[C@@H]1CCC(=O)O1. The minimum absolute atomic E-state index is 0.177. The number of carbonyl (C=O) groups excluding carboxylic acids is 3. The lowest BCUT2D eigenvalue weighted by Crippen LogP contribution is -2.33. The highest BCUT2D eigenvalue weighted by molar-refractivity contribution is 6.09. The van der Waals surface area contributed by atoms with Crippen molar-refractivity contribution in [1.82, 2.24) is 0 Å². The first-order chi connectivity index (χ1) is 13.0. The Labute approximate surface area is 160 Å². The second-order valence-electron chi connectivity index (χ2n) is 6.88. The van der Waals surface area contributed by atoms with Crippen molar-refractivity contribution in [2.75, 3.05) is 0 Å². The van der Waals surface area contributed by atoms with Gasteiger partial charge in [-0.25, -0.2) is 0 Å². The van der Waals surface area contributed by atoms with Crippen molar-refractivity contribution in [3.63, 3.8) is 0 Å².